The summed E-state index contributed by atoms with van der Waals surface area (Å²) in [6, 6.07) is 5.49. The first-order valence-electron chi connectivity index (χ1n) is 6.03. The minimum absolute atomic E-state index is 0.158. The Morgan fingerprint density at radius 2 is 2.06 bits per heavy atom. The fourth-order valence-corrected chi connectivity index (χ4v) is 2.10. The second-order valence-corrected chi connectivity index (χ2v) is 4.29. The summed E-state index contributed by atoms with van der Waals surface area (Å²) < 4.78 is 0. The quantitative estimate of drug-likeness (QED) is 0.726. The maximum Gasteiger partial charge on any atom is 0.182 e. The first-order chi connectivity index (χ1) is 7.86. The van der Waals surface area contributed by atoms with Gasteiger partial charge in [0.25, 0.3) is 0 Å². The average Bonchev–Trinajstić information content (AvgIpc) is 2.38. The van der Waals surface area contributed by atoms with E-state index in [9.17, 15) is 4.79 Å². The molecule has 2 rings (SSSR count). The number of rotatable bonds is 4. The number of piperidine rings is 1. The third kappa shape index (κ3) is 3.14. The Morgan fingerprint density at radius 3 is 2.75 bits per heavy atom. The number of aromatic nitrogens is 1. The van der Waals surface area contributed by atoms with Crippen LogP contribution < -0.4 is 0 Å². The van der Waals surface area contributed by atoms with Crippen LogP contribution in [0.5, 0.6) is 0 Å². The van der Waals surface area contributed by atoms with Crippen LogP contribution in [0.25, 0.3) is 0 Å². The number of Topliss-reactive ketones (excluding diaryl/α,β-unsaturated/α-hetero) is 1. The van der Waals surface area contributed by atoms with Crippen molar-refractivity contribution in [2.45, 2.75) is 25.7 Å². The topological polar surface area (TPSA) is 33.2 Å². The Bertz CT molecular complexity index is 331. The Kier molecular flexibility index (Phi) is 4.05. The van der Waals surface area contributed by atoms with Crippen molar-refractivity contribution in [1.29, 1.82) is 0 Å². The molecule has 1 aliphatic heterocycles. The predicted octanol–water partition coefficient (Wildman–Crippen LogP) is 2.14. The number of carbonyl (C=O) groups excluding carboxylic acids is 1. The van der Waals surface area contributed by atoms with Gasteiger partial charge in [0.05, 0.1) is 0 Å². The average molecular weight is 218 g/mol. The molecule has 3 nitrogen and oxygen atoms in total. The number of hydrogen-bond acceptors (Lipinski definition) is 3. The maximum absolute atomic E-state index is 11.8. The van der Waals surface area contributed by atoms with Gasteiger partial charge < -0.3 is 4.90 Å². The predicted molar refractivity (Wildman–Crippen MR) is 63.5 cm³/mol. The minimum Gasteiger partial charge on any atom is -0.303 e. The molecule has 0 aromatic carbocycles. The van der Waals surface area contributed by atoms with E-state index in [0.717, 1.165) is 19.6 Å². The second-order valence-electron chi connectivity index (χ2n) is 4.29. The molecule has 1 aromatic heterocycles. The van der Waals surface area contributed by atoms with Gasteiger partial charge in [-0.2, -0.15) is 0 Å². The molecule has 3 heteroatoms. The Labute approximate surface area is 96.5 Å². The number of likely N-dealkylation sites (tertiary alicyclic amines) is 1. The Hall–Kier alpha value is -1.22. The lowest BCUT2D eigenvalue weighted by atomic mass is 10.1. The van der Waals surface area contributed by atoms with Gasteiger partial charge in [-0.05, 0) is 38.1 Å². The number of nitrogens with zero attached hydrogens (tertiary/aromatic N) is 2. The minimum atomic E-state index is 0.158. The van der Waals surface area contributed by atoms with Crippen molar-refractivity contribution >= 4 is 5.78 Å². The first kappa shape index (κ1) is 11.3. The Morgan fingerprint density at radius 1 is 1.25 bits per heavy atom. The molecule has 0 spiro atoms. The highest BCUT2D eigenvalue weighted by atomic mass is 16.1. The van der Waals surface area contributed by atoms with Crippen LogP contribution in [0.15, 0.2) is 24.4 Å². The van der Waals surface area contributed by atoms with Crippen molar-refractivity contribution in [3.8, 4) is 0 Å². The molecule has 1 aromatic rings. The van der Waals surface area contributed by atoms with Gasteiger partial charge in [0.1, 0.15) is 5.69 Å². The van der Waals surface area contributed by atoms with Gasteiger partial charge in [-0.3, -0.25) is 9.78 Å². The van der Waals surface area contributed by atoms with E-state index in [4.69, 9.17) is 0 Å². The normalized spacial score (nSPS) is 17.2. The largest absolute Gasteiger partial charge is 0.303 e. The zero-order valence-electron chi connectivity index (χ0n) is 9.56. The summed E-state index contributed by atoms with van der Waals surface area (Å²) in [5, 5.41) is 0. The van der Waals surface area contributed by atoms with Crippen LogP contribution in [-0.4, -0.2) is 35.3 Å². The lowest BCUT2D eigenvalue weighted by molar-refractivity contribution is 0.0954. The van der Waals surface area contributed by atoms with E-state index in [2.05, 4.69) is 9.88 Å². The van der Waals surface area contributed by atoms with E-state index in [0.29, 0.717) is 12.1 Å². The summed E-state index contributed by atoms with van der Waals surface area (Å²) in [5.41, 5.74) is 0.597. The van der Waals surface area contributed by atoms with Crippen molar-refractivity contribution in [2.75, 3.05) is 19.6 Å². The zero-order chi connectivity index (χ0) is 11.2. The van der Waals surface area contributed by atoms with E-state index in [1.165, 1.54) is 19.3 Å². The highest BCUT2D eigenvalue weighted by Crippen LogP contribution is 2.09. The second kappa shape index (κ2) is 5.75. The van der Waals surface area contributed by atoms with E-state index in [-0.39, 0.29) is 5.78 Å². The van der Waals surface area contributed by atoms with Crippen molar-refractivity contribution < 1.29 is 4.79 Å². The molecule has 0 bridgehead atoms. The van der Waals surface area contributed by atoms with Gasteiger partial charge in [0.15, 0.2) is 5.78 Å². The summed E-state index contributed by atoms with van der Waals surface area (Å²) >= 11 is 0. The number of hydrogen-bond donors (Lipinski definition) is 0. The SMILES string of the molecule is O=C(CCN1CCCCC1)c1ccccn1. The summed E-state index contributed by atoms with van der Waals surface area (Å²) in [5.74, 6) is 0.158. The van der Waals surface area contributed by atoms with Crippen LogP contribution in [-0.2, 0) is 0 Å². The van der Waals surface area contributed by atoms with E-state index < -0.39 is 0 Å². The fraction of sp³-hybridized carbons (Fsp3) is 0.538. The molecule has 0 saturated carbocycles. The molecule has 2 heterocycles. The van der Waals surface area contributed by atoms with E-state index in [1.807, 2.05) is 12.1 Å². The molecule has 0 unspecified atom stereocenters. The first-order valence-corrected chi connectivity index (χ1v) is 6.03. The monoisotopic (exact) mass is 218 g/mol. The van der Waals surface area contributed by atoms with Gasteiger partial charge in [-0.15, -0.1) is 0 Å². The summed E-state index contributed by atoms with van der Waals surface area (Å²) in [6.45, 7) is 3.18. The van der Waals surface area contributed by atoms with Crippen LogP contribution in [0.1, 0.15) is 36.2 Å². The van der Waals surface area contributed by atoms with E-state index in [1.54, 1.807) is 12.3 Å². The molecule has 1 saturated heterocycles. The standard InChI is InChI=1S/C13H18N2O/c16-13(12-6-2-3-8-14-12)7-11-15-9-4-1-5-10-15/h2-3,6,8H,1,4-5,7,9-11H2. The summed E-state index contributed by atoms with van der Waals surface area (Å²) in [4.78, 5) is 18.3. The van der Waals surface area contributed by atoms with Gasteiger partial charge >= 0.3 is 0 Å². The number of carbonyl (C=O) groups is 1. The highest BCUT2D eigenvalue weighted by Gasteiger charge is 2.12. The third-order valence-corrected chi connectivity index (χ3v) is 3.05. The molecular weight excluding hydrogens is 200 g/mol. The van der Waals surface area contributed by atoms with Crippen molar-refractivity contribution in [2.24, 2.45) is 0 Å². The molecule has 86 valence electrons. The van der Waals surface area contributed by atoms with Gasteiger partial charge in [0.2, 0.25) is 0 Å². The Balaban J connectivity index is 1.79. The van der Waals surface area contributed by atoms with Gasteiger partial charge in [0, 0.05) is 19.2 Å². The van der Waals surface area contributed by atoms with Crippen LogP contribution in [0, 0.1) is 0 Å². The molecular formula is C13H18N2O. The van der Waals surface area contributed by atoms with Crippen LogP contribution in [0.3, 0.4) is 0 Å². The molecule has 0 atom stereocenters. The van der Waals surface area contributed by atoms with Crippen molar-refractivity contribution in [3.63, 3.8) is 0 Å². The molecule has 1 aliphatic rings. The van der Waals surface area contributed by atoms with Crippen molar-refractivity contribution in [3.05, 3.63) is 30.1 Å². The van der Waals surface area contributed by atoms with Gasteiger partial charge in [-0.1, -0.05) is 12.5 Å². The molecule has 1 fully saturated rings. The lowest BCUT2D eigenvalue weighted by Crippen LogP contribution is -2.31. The van der Waals surface area contributed by atoms with Gasteiger partial charge in [-0.25, -0.2) is 0 Å². The smallest absolute Gasteiger partial charge is 0.182 e. The molecule has 0 aliphatic carbocycles. The van der Waals surface area contributed by atoms with E-state index >= 15 is 0 Å². The maximum atomic E-state index is 11.8. The van der Waals surface area contributed by atoms with Crippen LogP contribution in [0.2, 0.25) is 0 Å². The molecule has 0 radical (unpaired) electrons. The summed E-state index contributed by atoms with van der Waals surface area (Å²) in [6.07, 6.45) is 6.16. The third-order valence-electron chi connectivity index (χ3n) is 3.05. The van der Waals surface area contributed by atoms with Crippen LogP contribution in [0.4, 0.5) is 0 Å². The van der Waals surface area contributed by atoms with Crippen molar-refractivity contribution in [1.82, 2.24) is 9.88 Å². The zero-order valence-corrected chi connectivity index (χ0v) is 9.56. The van der Waals surface area contributed by atoms with Crippen LogP contribution >= 0.6 is 0 Å². The fourth-order valence-electron chi connectivity index (χ4n) is 2.10. The molecule has 16 heavy (non-hydrogen) atoms. The number of ketones is 1. The highest BCUT2D eigenvalue weighted by molar-refractivity contribution is 5.94. The summed E-state index contributed by atoms with van der Waals surface area (Å²) in [7, 11) is 0. The number of pyridine rings is 1. The lowest BCUT2D eigenvalue weighted by Gasteiger charge is -2.25. The molecule has 0 amide bonds. The molecule has 0 N–H and O–H groups in total.